The Morgan fingerprint density at radius 3 is 3.27 bits per heavy atom. The predicted octanol–water partition coefficient (Wildman–Crippen LogP) is -0.0983. The third-order valence-electron chi connectivity index (χ3n) is 1.15. The average Bonchev–Trinajstić information content (AvgIpc) is 2.06. The molecule has 5 nitrogen and oxygen atoms in total. The molecule has 1 aliphatic rings. The summed E-state index contributed by atoms with van der Waals surface area (Å²) < 4.78 is 0. The van der Waals surface area contributed by atoms with E-state index < -0.39 is 0 Å². The van der Waals surface area contributed by atoms with E-state index in [0.717, 1.165) is 12.4 Å². The Morgan fingerprint density at radius 2 is 2.64 bits per heavy atom. The van der Waals surface area contributed by atoms with Crippen molar-refractivity contribution in [2.45, 2.75) is 6.92 Å². The summed E-state index contributed by atoms with van der Waals surface area (Å²) >= 11 is 5.37. The number of hydrazine groups is 2. The van der Waals surface area contributed by atoms with Crippen LogP contribution in [0, 0.1) is 0 Å². The Balaban J connectivity index is 2.55. The van der Waals surface area contributed by atoms with Crippen molar-refractivity contribution >= 4 is 18.0 Å². The van der Waals surface area contributed by atoms with Crippen LogP contribution in [-0.2, 0) is 0 Å². The molecule has 0 amide bonds. The molecular formula is C5H10ClN5. The monoisotopic (exact) mass is 175 g/mol. The molecule has 0 bridgehead atoms. The first-order valence-corrected chi connectivity index (χ1v) is 3.65. The number of nitrogens with one attached hydrogen (secondary N) is 3. The third kappa shape index (κ3) is 1.99. The van der Waals surface area contributed by atoms with Gasteiger partial charge in [0.05, 0.1) is 6.21 Å². The van der Waals surface area contributed by atoms with Crippen LogP contribution in [0.25, 0.3) is 0 Å². The first-order chi connectivity index (χ1) is 5.38. The number of allylic oxidation sites excluding steroid dienone is 1. The summed E-state index contributed by atoms with van der Waals surface area (Å²) in [5, 5.41) is 8.28. The maximum Gasteiger partial charge on any atom is 0.142 e. The normalized spacial score (nSPS) is 15.8. The van der Waals surface area contributed by atoms with Gasteiger partial charge in [-0.15, -0.1) is 4.94 Å². The van der Waals surface area contributed by atoms with Crippen LogP contribution in [0.2, 0.25) is 0 Å². The molecule has 0 fully saturated rings. The van der Waals surface area contributed by atoms with Crippen LogP contribution in [-0.4, -0.2) is 17.9 Å². The number of halogens is 1. The van der Waals surface area contributed by atoms with Gasteiger partial charge < -0.3 is 5.32 Å². The third-order valence-corrected chi connectivity index (χ3v) is 1.32. The van der Waals surface area contributed by atoms with Crippen molar-refractivity contribution in [3.8, 4) is 0 Å². The topological polar surface area (TPSA) is 51.7 Å². The molecule has 0 saturated heterocycles. The van der Waals surface area contributed by atoms with Gasteiger partial charge in [-0.2, -0.15) is 10.2 Å². The summed E-state index contributed by atoms with van der Waals surface area (Å²) in [5.74, 6) is 0.831. The molecule has 1 heterocycles. The van der Waals surface area contributed by atoms with E-state index in [-0.39, 0.29) is 0 Å². The standard InChI is InChI=1S/C5H10ClN5/c1-2-7-5-3-4-8-10-11(5)9-6/h3-4,7,9-10H,2H2,1H3. The molecule has 11 heavy (non-hydrogen) atoms. The van der Waals surface area contributed by atoms with Crippen molar-refractivity contribution in [2.24, 2.45) is 5.10 Å². The van der Waals surface area contributed by atoms with Gasteiger partial charge in [-0.05, 0) is 18.7 Å². The van der Waals surface area contributed by atoms with Crippen molar-refractivity contribution in [3.05, 3.63) is 11.9 Å². The minimum absolute atomic E-state index is 0.830. The molecule has 0 aliphatic carbocycles. The Morgan fingerprint density at radius 1 is 1.82 bits per heavy atom. The molecule has 3 N–H and O–H groups in total. The van der Waals surface area contributed by atoms with Gasteiger partial charge in [-0.3, -0.25) is 0 Å². The molecule has 6 heteroatoms. The highest BCUT2D eigenvalue weighted by Gasteiger charge is 2.07. The first-order valence-electron chi connectivity index (χ1n) is 3.27. The quantitative estimate of drug-likeness (QED) is 0.525. The van der Waals surface area contributed by atoms with E-state index >= 15 is 0 Å². The lowest BCUT2D eigenvalue weighted by atomic mass is 10.5. The largest absolute Gasteiger partial charge is 0.369 e. The van der Waals surface area contributed by atoms with Crippen LogP contribution in [0.4, 0.5) is 0 Å². The van der Waals surface area contributed by atoms with Gasteiger partial charge in [-0.25, -0.2) is 5.53 Å². The predicted molar refractivity (Wildman–Crippen MR) is 44.2 cm³/mol. The fraction of sp³-hybridized carbons (Fsp3) is 0.400. The van der Waals surface area contributed by atoms with Crippen molar-refractivity contribution < 1.29 is 0 Å². The Labute approximate surface area is 70.1 Å². The molecule has 0 aromatic heterocycles. The zero-order valence-corrected chi connectivity index (χ0v) is 6.89. The van der Waals surface area contributed by atoms with E-state index in [1.807, 2.05) is 6.92 Å². The molecule has 0 spiro atoms. The highest BCUT2D eigenvalue weighted by molar-refractivity contribution is 6.13. The second-order valence-electron chi connectivity index (χ2n) is 1.88. The van der Waals surface area contributed by atoms with E-state index in [9.17, 15) is 0 Å². The summed E-state index contributed by atoms with van der Waals surface area (Å²) in [7, 11) is 0. The van der Waals surface area contributed by atoms with Crippen LogP contribution >= 0.6 is 11.8 Å². The molecule has 0 saturated carbocycles. The van der Waals surface area contributed by atoms with Gasteiger partial charge in [-0.1, -0.05) is 0 Å². The lowest BCUT2D eigenvalue weighted by Gasteiger charge is -2.25. The van der Waals surface area contributed by atoms with Gasteiger partial charge in [0, 0.05) is 12.6 Å². The fourth-order valence-corrected chi connectivity index (χ4v) is 0.840. The first kappa shape index (κ1) is 8.16. The van der Waals surface area contributed by atoms with Crippen LogP contribution in [0.15, 0.2) is 17.0 Å². The summed E-state index contributed by atoms with van der Waals surface area (Å²) in [6.07, 6.45) is 3.44. The molecule has 0 aromatic rings. The van der Waals surface area contributed by atoms with E-state index in [1.165, 1.54) is 5.12 Å². The number of rotatable bonds is 3. The second kappa shape index (κ2) is 4.05. The molecule has 1 rings (SSSR count). The van der Waals surface area contributed by atoms with Crippen molar-refractivity contribution in [1.29, 1.82) is 0 Å². The van der Waals surface area contributed by atoms with Gasteiger partial charge in [0.25, 0.3) is 0 Å². The smallest absolute Gasteiger partial charge is 0.142 e. The maximum absolute atomic E-state index is 5.37. The van der Waals surface area contributed by atoms with Gasteiger partial charge in [0.15, 0.2) is 0 Å². The number of hydrogen-bond acceptors (Lipinski definition) is 5. The zero-order valence-electron chi connectivity index (χ0n) is 6.13. The second-order valence-corrected chi connectivity index (χ2v) is 2.05. The van der Waals surface area contributed by atoms with Gasteiger partial charge in [0.1, 0.15) is 5.82 Å². The van der Waals surface area contributed by atoms with Crippen molar-refractivity contribution in [1.82, 2.24) is 20.9 Å². The van der Waals surface area contributed by atoms with E-state index in [4.69, 9.17) is 11.8 Å². The number of hydrazone groups is 1. The van der Waals surface area contributed by atoms with Crippen molar-refractivity contribution in [3.63, 3.8) is 0 Å². The van der Waals surface area contributed by atoms with Gasteiger partial charge in [0.2, 0.25) is 0 Å². The minimum Gasteiger partial charge on any atom is -0.369 e. The minimum atomic E-state index is 0.830. The highest BCUT2D eigenvalue weighted by atomic mass is 35.5. The molecule has 0 aromatic carbocycles. The number of hydrogen-bond donors (Lipinski definition) is 3. The Bertz CT molecular complexity index is 178. The Hall–Kier alpha value is -0.940. The molecule has 0 unspecified atom stereocenters. The van der Waals surface area contributed by atoms with E-state index in [0.29, 0.717) is 0 Å². The SMILES string of the molecule is CCNC1=CC=NNN1NCl. The maximum atomic E-state index is 5.37. The zero-order chi connectivity index (χ0) is 8.10. The average molecular weight is 176 g/mol. The summed E-state index contributed by atoms with van der Waals surface area (Å²) in [6, 6.07) is 0. The Kier molecular flexibility index (Phi) is 3.00. The van der Waals surface area contributed by atoms with Crippen LogP contribution in [0.5, 0.6) is 0 Å². The molecule has 62 valence electrons. The summed E-state index contributed by atoms with van der Waals surface area (Å²) in [4.78, 5) is 2.39. The van der Waals surface area contributed by atoms with E-state index in [1.54, 1.807) is 12.3 Å². The molecular weight excluding hydrogens is 166 g/mol. The van der Waals surface area contributed by atoms with Crippen LogP contribution in [0.3, 0.4) is 0 Å². The van der Waals surface area contributed by atoms with Crippen molar-refractivity contribution in [2.75, 3.05) is 6.54 Å². The van der Waals surface area contributed by atoms with Crippen LogP contribution < -0.4 is 15.8 Å². The van der Waals surface area contributed by atoms with Crippen LogP contribution in [0.1, 0.15) is 6.92 Å². The lowest BCUT2D eigenvalue weighted by Crippen LogP contribution is -2.46. The summed E-state index contributed by atoms with van der Waals surface area (Å²) in [6.45, 7) is 2.83. The highest BCUT2D eigenvalue weighted by Crippen LogP contribution is 1.96. The molecule has 0 radical (unpaired) electrons. The molecule has 0 atom stereocenters. The summed E-state index contributed by atoms with van der Waals surface area (Å²) in [5.41, 5.74) is 2.63. The van der Waals surface area contributed by atoms with Gasteiger partial charge >= 0.3 is 0 Å². The lowest BCUT2D eigenvalue weighted by molar-refractivity contribution is 0.203. The number of nitrogens with zero attached hydrogens (tertiary/aromatic N) is 2. The fourth-order valence-electron chi connectivity index (χ4n) is 0.711. The van der Waals surface area contributed by atoms with E-state index in [2.05, 4.69) is 20.9 Å². The molecule has 1 aliphatic heterocycles.